The van der Waals surface area contributed by atoms with Crippen LogP contribution < -0.4 is 0 Å². The number of rotatable bonds is 2. The van der Waals surface area contributed by atoms with Crippen LogP contribution in [0.25, 0.3) is 0 Å². The first-order chi connectivity index (χ1) is 4.34. The van der Waals surface area contributed by atoms with Crippen molar-refractivity contribution in [2.75, 3.05) is 0 Å². The van der Waals surface area contributed by atoms with Crippen molar-refractivity contribution in [1.82, 2.24) is 0 Å². The van der Waals surface area contributed by atoms with Gasteiger partial charge in [0.15, 0.2) is 0 Å². The standard InChI is InChI=1S/C7H10OS/c1-2-3-7-6(8)4-5-9-7/h4-5,8H,2-3H2,1H3. The molecule has 1 nitrogen and oxygen atoms in total. The zero-order chi connectivity index (χ0) is 6.69. The third kappa shape index (κ3) is 1.45. The Morgan fingerprint density at radius 1 is 1.67 bits per heavy atom. The van der Waals surface area contributed by atoms with E-state index < -0.39 is 0 Å². The van der Waals surface area contributed by atoms with Crippen molar-refractivity contribution in [2.24, 2.45) is 0 Å². The van der Waals surface area contributed by atoms with E-state index in [1.807, 2.05) is 5.38 Å². The molecule has 0 unspecified atom stereocenters. The van der Waals surface area contributed by atoms with Gasteiger partial charge in [-0.2, -0.15) is 0 Å². The fourth-order valence-electron chi connectivity index (χ4n) is 0.748. The van der Waals surface area contributed by atoms with Gasteiger partial charge in [0, 0.05) is 4.88 Å². The lowest BCUT2D eigenvalue weighted by atomic mass is 10.3. The van der Waals surface area contributed by atoms with Gasteiger partial charge in [-0.1, -0.05) is 13.3 Å². The SMILES string of the molecule is CCCc1sccc1O. The van der Waals surface area contributed by atoms with Gasteiger partial charge in [0.05, 0.1) is 0 Å². The minimum Gasteiger partial charge on any atom is -0.507 e. The zero-order valence-electron chi connectivity index (χ0n) is 5.42. The third-order valence-electron chi connectivity index (χ3n) is 1.20. The van der Waals surface area contributed by atoms with Gasteiger partial charge in [0.25, 0.3) is 0 Å². The average molecular weight is 142 g/mol. The van der Waals surface area contributed by atoms with Crippen molar-refractivity contribution in [3.63, 3.8) is 0 Å². The Kier molecular flexibility index (Phi) is 2.11. The largest absolute Gasteiger partial charge is 0.507 e. The van der Waals surface area contributed by atoms with Crippen LogP contribution in [0.5, 0.6) is 5.75 Å². The number of hydrogen-bond acceptors (Lipinski definition) is 2. The Morgan fingerprint density at radius 2 is 2.44 bits per heavy atom. The van der Waals surface area contributed by atoms with E-state index in [2.05, 4.69) is 6.92 Å². The van der Waals surface area contributed by atoms with Gasteiger partial charge < -0.3 is 5.11 Å². The summed E-state index contributed by atoms with van der Waals surface area (Å²) < 4.78 is 0. The van der Waals surface area contributed by atoms with Crippen LogP contribution in [0.15, 0.2) is 11.4 Å². The first kappa shape index (κ1) is 6.62. The van der Waals surface area contributed by atoms with Crippen LogP contribution >= 0.6 is 11.3 Å². The van der Waals surface area contributed by atoms with Crippen LogP contribution in [0.1, 0.15) is 18.2 Å². The summed E-state index contributed by atoms with van der Waals surface area (Å²) in [6, 6.07) is 1.75. The molecule has 1 aromatic rings. The second-order valence-corrected chi connectivity index (χ2v) is 2.98. The van der Waals surface area contributed by atoms with Crippen LogP contribution in [-0.4, -0.2) is 5.11 Å². The van der Waals surface area contributed by atoms with Crippen LogP contribution in [-0.2, 0) is 6.42 Å². The molecular weight excluding hydrogens is 132 g/mol. The summed E-state index contributed by atoms with van der Waals surface area (Å²) in [7, 11) is 0. The molecule has 1 aromatic heterocycles. The minimum atomic E-state index is 0.460. The summed E-state index contributed by atoms with van der Waals surface area (Å²) in [5.74, 6) is 0.460. The summed E-state index contributed by atoms with van der Waals surface area (Å²) in [5.41, 5.74) is 0. The molecule has 1 rings (SSSR count). The van der Waals surface area contributed by atoms with E-state index in [-0.39, 0.29) is 0 Å². The summed E-state index contributed by atoms with van der Waals surface area (Å²) in [6.07, 6.45) is 2.11. The molecule has 0 spiro atoms. The van der Waals surface area contributed by atoms with Gasteiger partial charge in [-0.25, -0.2) is 0 Å². The predicted octanol–water partition coefficient (Wildman–Crippen LogP) is 2.41. The highest BCUT2D eigenvalue weighted by Crippen LogP contribution is 2.23. The number of hydrogen-bond donors (Lipinski definition) is 1. The van der Waals surface area contributed by atoms with Gasteiger partial charge in [0.2, 0.25) is 0 Å². The molecule has 9 heavy (non-hydrogen) atoms. The molecule has 50 valence electrons. The van der Waals surface area contributed by atoms with Gasteiger partial charge in [-0.3, -0.25) is 0 Å². The van der Waals surface area contributed by atoms with Crippen LogP contribution in [0.3, 0.4) is 0 Å². The first-order valence-corrected chi connectivity index (χ1v) is 3.98. The molecule has 0 bridgehead atoms. The van der Waals surface area contributed by atoms with Gasteiger partial charge in [0.1, 0.15) is 5.75 Å². The van der Waals surface area contributed by atoms with Gasteiger partial charge in [-0.05, 0) is 17.9 Å². The third-order valence-corrected chi connectivity index (χ3v) is 2.17. The molecule has 0 aliphatic heterocycles. The Balaban J connectivity index is 2.69. The molecule has 0 aliphatic rings. The second-order valence-electron chi connectivity index (χ2n) is 1.98. The molecule has 0 fully saturated rings. The van der Waals surface area contributed by atoms with Crippen molar-refractivity contribution in [3.05, 3.63) is 16.3 Å². The number of aryl methyl sites for hydroxylation is 1. The Bertz CT molecular complexity index is 181. The fourth-order valence-corrected chi connectivity index (χ4v) is 1.62. The Labute approximate surface area is 59.0 Å². The molecular formula is C7H10OS. The van der Waals surface area contributed by atoms with E-state index in [1.165, 1.54) is 0 Å². The maximum atomic E-state index is 9.09. The van der Waals surface area contributed by atoms with Crippen LogP contribution in [0.4, 0.5) is 0 Å². The van der Waals surface area contributed by atoms with E-state index >= 15 is 0 Å². The van der Waals surface area contributed by atoms with E-state index in [1.54, 1.807) is 17.4 Å². The molecule has 1 N–H and O–H groups in total. The topological polar surface area (TPSA) is 20.2 Å². The summed E-state index contributed by atoms with van der Waals surface area (Å²) >= 11 is 1.62. The van der Waals surface area contributed by atoms with Crippen molar-refractivity contribution in [3.8, 4) is 5.75 Å². The first-order valence-electron chi connectivity index (χ1n) is 3.10. The number of thiophene rings is 1. The van der Waals surface area contributed by atoms with Crippen molar-refractivity contribution in [1.29, 1.82) is 0 Å². The Hall–Kier alpha value is -0.500. The maximum Gasteiger partial charge on any atom is 0.129 e. The van der Waals surface area contributed by atoms with Crippen molar-refractivity contribution >= 4 is 11.3 Å². The highest BCUT2D eigenvalue weighted by Gasteiger charge is 1.98. The molecule has 0 radical (unpaired) electrons. The zero-order valence-corrected chi connectivity index (χ0v) is 6.24. The van der Waals surface area contributed by atoms with E-state index in [9.17, 15) is 0 Å². The van der Waals surface area contributed by atoms with Crippen LogP contribution in [0, 0.1) is 0 Å². The predicted molar refractivity (Wildman–Crippen MR) is 40.0 cm³/mol. The quantitative estimate of drug-likeness (QED) is 0.672. The fraction of sp³-hybridized carbons (Fsp3) is 0.429. The summed E-state index contributed by atoms with van der Waals surface area (Å²) in [4.78, 5) is 1.11. The molecule has 0 aromatic carbocycles. The molecule has 0 atom stereocenters. The Morgan fingerprint density at radius 3 is 2.89 bits per heavy atom. The molecule has 2 heteroatoms. The van der Waals surface area contributed by atoms with E-state index in [0.717, 1.165) is 17.7 Å². The van der Waals surface area contributed by atoms with Crippen LogP contribution in [0.2, 0.25) is 0 Å². The van der Waals surface area contributed by atoms with Gasteiger partial charge >= 0.3 is 0 Å². The maximum absolute atomic E-state index is 9.09. The average Bonchev–Trinajstić information content (AvgIpc) is 2.18. The van der Waals surface area contributed by atoms with Gasteiger partial charge in [-0.15, -0.1) is 11.3 Å². The van der Waals surface area contributed by atoms with E-state index in [0.29, 0.717) is 5.75 Å². The second kappa shape index (κ2) is 2.87. The van der Waals surface area contributed by atoms with Crippen molar-refractivity contribution < 1.29 is 5.11 Å². The summed E-state index contributed by atoms with van der Waals surface area (Å²) in [5, 5.41) is 11.0. The van der Waals surface area contributed by atoms with E-state index in [4.69, 9.17) is 5.11 Å². The molecule has 0 saturated carbocycles. The normalized spacial score (nSPS) is 9.89. The highest BCUT2D eigenvalue weighted by atomic mass is 32.1. The molecule has 0 aliphatic carbocycles. The lowest BCUT2D eigenvalue weighted by Crippen LogP contribution is -1.74. The smallest absolute Gasteiger partial charge is 0.129 e. The summed E-state index contributed by atoms with van der Waals surface area (Å²) in [6.45, 7) is 2.11. The number of aromatic hydroxyl groups is 1. The lowest BCUT2D eigenvalue weighted by Gasteiger charge is -1.91. The molecule has 0 saturated heterocycles. The van der Waals surface area contributed by atoms with Crippen molar-refractivity contribution in [2.45, 2.75) is 19.8 Å². The monoisotopic (exact) mass is 142 g/mol. The molecule has 1 heterocycles. The lowest BCUT2D eigenvalue weighted by molar-refractivity contribution is 0.471. The highest BCUT2D eigenvalue weighted by molar-refractivity contribution is 7.10. The molecule has 0 amide bonds. The minimum absolute atomic E-state index is 0.460.